The van der Waals surface area contributed by atoms with Crippen molar-refractivity contribution in [3.63, 3.8) is 0 Å². The summed E-state index contributed by atoms with van der Waals surface area (Å²) < 4.78 is 38.1. The molecule has 122 valence electrons. The van der Waals surface area contributed by atoms with Gasteiger partial charge in [0, 0.05) is 5.69 Å². The second-order valence-corrected chi connectivity index (χ2v) is 5.91. The Morgan fingerprint density at radius 3 is 2.39 bits per heavy atom. The molecule has 4 atom stereocenters. The SMILES string of the molecule is O=C(O)[C@H]1[C@H](C(=O)Nc2cccc(C(F)(F)F)c2)[C@H]2C=C[C@@H]1C2. The molecule has 2 aliphatic carbocycles. The second-order valence-electron chi connectivity index (χ2n) is 5.91. The third kappa shape index (κ3) is 2.83. The van der Waals surface area contributed by atoms with Crippen LogP contribution in [-0.4, -0.2) is 17.0 Å². The van der Waals surface area contributed by atoms with Gasteiger partial charge < -0.3 is 10.4 Å². The molecule has 1 aromatic carbocycles. The first-order valence-electron chi connectivity index (χ1n) is 7.16. The number of halogens is 3. The quantitative estimate of drug-likeness (QED) is 0.839. The molecular formula is C16H14F3NO3. The Hall–Kier alpha value is -2.31. The van der Waals surface area contributed by atoms with Crippen LogP contribution in [0, 0.1) is 23.7 Å². The molecule has 3 rings (SSSR count). The maximum atomic E-state index is 12.7. The minimum absolute atomic E-state index is 0.0146. The number of carbonyl (C=O) groups is 2. The summed E-state index contributed by atoms with van der Waals surface area (Å²) >= 11 is 0. The van der Waals surface area contributed by atoms with Gasteiger partial charge in [0.2, 0.25) is 5.91 Å². The molecule has 0 radical (unpaired) electrons. The minimum Gasteiger partial charge on any atom is -0.481 e. The number of carboxylic acids is 1. The number of hydrogen-bond donors (Lipinski definition) is 2. The van der Waals surface area contributed by atoms with Crippen LogP contribution in [0.15, 0.2) is 36.4 Å². The van der Waals surface area contributed by atoms with Crippen molar-refractivity contribution >= 4 is 17.6 Å². The predicted molar refractivity (Wildman–Crippen MR) is 75.4 cm³/mol. The molecule has 0 aromatic heterocycles. The maximum absolute atomic E-state index is 12.7. The van der Waals surface area contributed by atoms with Gasteiger partial charge in [-0.2, -0.15) is 13.2 Å². The number of carbonyl (C=O) groups excluding carboxylic acids is 1. The van der Waals surface area contributed by atoms with E-state index in [2.05, 4.69) is 5.32 Å². The fourth-order valence-corrected chi connectivity index (χ4v) is 3.52. The van der Waals surface area contributed by atoms with Crippen LogP contribution in [0.25, 0.3) is 0 Å². The lowest BCUT2D eigenvalue weighted by Gasteiger charge is -2.24. The van der Waals surface area contributed by atoms with Gasteiger partial charge >= 0.3 is 12.1 Å². The lowest BCUT2D eigenvalue weighted by molar-refractivity contribution is -0.146. The Morgan fingerprint density at radius 2 is 1.78 bits per heavy atom. The molecule has 0 aliphatic heterocycles. The Labute approximate surface area is 130 Å². The van der Waals surface area contributed by atoms with E-state index in [0.29, 0.717) is 6.42 Å². The highest BCUT2D eigenvalue weighted by Gasteiger charge is 2.51. The number of nitrogens with one attached hydrogen (secondary N) is 1. The molecule has 1 amide bonds. The lowest BCUT2D eigenvalue weighted by atomic mass is 9.82. The predicted octanol–water partition coefficient (Wildman–Crippen LogP) is 3.17. The third-order valence-corrected chi connectivity index (χ3v) is 4.50. The number of fused-ring (bicyclic) bond motifs is 2. The number of anilines is 1. The first-order valence-corrected chi connectivity index (χ1v) is 7.16. The van der Waals surface area contributed by atoms with E-state index in [-0.39, 0.29) is 17.5 Å². The molecule has 2 N–H and O–H groups in total. The third-order valence-electron chi connectivity index (χ3n) is 4.50. The number of alkyl halides is 3. The van der Waals surface area contributed by atoms with Crippen molar-refractivity contribution in [3.05, 3.63) is 42.0 Å². The van der Waals surface area contributed by atoms with E-state index in [1.807, 2.05) is 6.08 Å². The molecule has 0 heterocycles. The molecule has 1 saturated carbocycles. The zero-order valence-corrected chi connectivity index (χ0v) is 11.9. The molecule has 23 heavy (non-hydrogen) atoms. The molecule has 1 aromatic rings. The highest BCUT2D eigenvalue weighted by atomic mass is 19.4. The van der Waals surface area contributed by atoms with Crippen LogP contribution in [0.1, 0.15) is 12.0 Å². The molecule has 1 fully saturated rings. The molecular weight excluding hydrogens is 311 g/mol. The van der Waals surface area contributed by atoms with E-state index in [1.54, 1.807) is 6.08 Å². The van der Waals surface area contributed by atoms with E-state index in [9.17, 15) is 27.9 Å². The van der Waals surface area contributed by atoms with Gasteiger partial charge in [-0.15, -0.1) is 0 Å². The van der Waals surface area contributed by atoms with Gasteiger partial charge in [-0.25, -0.2) is 0 Å². The molecule has 2 bridgehead atoms. The summed E-state index contributed by atoms with van der Waals surface area (Å²) in [6.45, 7) is 0. The fraction of sp³-hybridized carbons (Fsp3) is 0.375. The summed E-state index contributed by atoms with van der Waals surface area (Å²) in [5.41, 5.74) is -0.848. The molecule has 0 unspecified atom stereocenters. The normalized spacial score (nSPS) is 28.8. The van der Waals surface area contributed by atoms with E-state index >= 15 is 0 Å². The van der Waals surface area contributed by atoms with Crippen LogP contribution < -0.4 is 5.32 Å². The topological polar surface area (TPSA) is 66.4 Å². The Bertz CT molecular complexity index is 683. The highest BCUT2D eigenvalue weighted by molar-refractivity contribution is 5.96. The summed E-state index contributed by atoms with van der Waals surface area (Å²) in [5.74, 6) is -3.53. The number of allylic oxidation sites excluding steroid dienone is 2. The van der Waals surface area contributed by atoms with Gasteiger partial charge in [-0.3, -0.25) is 9.59 Å². The number of aliphatic carboxylic acids is 1. The van der Waals surface area contributed by atoms with Crippen LogP contribution >= 0.6 is 0 Å². The van der Waals surface area contributed by atoms with Crippen LogP contribution in [-0.2, 0) is 15.8 Å². The van der Waals surface area contributed by atoms with Crippen molar-refractivity contribution in [3.8, 4) is 0 Å². The number of amides is 1. The number of benzene rings is 1. The maximum Gasteiger partial charge on any atom is 0.416 e. The van der Waals surface area contributed by atoms with Crippen LogP contribution in [0.2, 0.25) is 0 Å². The highest BCUT2D eigenvalue weighted by Crippen LogP contribution is 2.48. The van der Waals surface area contributed by atoms with Crippen molar-refractivity contribution in [1.82, 2.24) is 0 Å². The monoisotopic (exact) mass is 325 g/mol. The smallest absolute Gasteiger partial charge is 0.416 e. The minimum atomic E-state index is -4.50. The summed E-state index contributed by atoms with van der Waals surface area (Å²) in [6, 6.07) is 4.31. The van der Waals surface area contributed by atoms with E-state index in [0.717, 1.165) is 12.1 Å². The zero-order chi connectivity index (χ0) is 16.8. The Balaban J connectivity index is 1.80. The first kappa shape index (κ1) is 15.6. The van der Waals surface area contributed by atoms with E-state index in [4.69, 9.17) is 0 Å². The van der Waals surface area contributed by atoms with Crippen molar-refractivity contribution < 1.29 is 27.9 Å². The molecule has 0 spiro atoms. The van der Waals surface area contributed by atoms with E-state index in [1.165, 1.54) is 12.1 Å². The van der Waals surface area contributed by atoms with Crippen molar-refractivity contribution in [2.24, 2.45) is 23.7 Å². The number of rotatable bonds is 3. The largest absolute Gasteiger partial charge is 0.481 e. The Kier molecular flexibility index (Phi) is 3.66. The van der Waals surface area contributed by atoms with Crippen molar-refractivity contribution in [2.75, 3.05) is 5.32 Å². The van der Waals surface area contributed by atoms with Gasteiger partial charge in [0.05, 0.1) is 17.4 Å². The van der Waals surface area contributed by atoms with Crippen LogP contribution in [0.4, 0.5) is 18.9 Å². The van der Waals surface area contributed by atoms with Gasteiger partial charge in [-0.1, -0.05) is 18.2 Å². The summed E-state index contributed by atoms with van der Waals surface area (Å²) in [5, 5.41) is 11.7. The molecule has 2 aliphatic rings. The van der Waals surface area contributed by atoms with E-state index < -0.39 is 35.5 Å². The standard InChI is InChI=1S/C16H14F3NO3/c17-16(18,19)10-2-1-3-11(7-10)20-14(21)12-8-4-5-9(6-8)13(12)15(22)23/h1-5,7-9,12-13H,6H2,(H,20,21)(H,22,23)/t8-,9+,12+,13+/m0/s1. The summed E-state index contributed by atoms with van der Waals surface area (Å²) in [6.07, 6.45) is -0.283. The first-order chi connectivity index (χ1) is 10.8. The number of hydrogen-bond acceptors (Lipinski definition) is 2. The second kappa shape index (κ2) is 5.40. The van der Waals surface area contributed by atoms with Crippen LogP contribution in [0.5, 0.6) is 0 Å². The fourth-order valence-electron chi connectivity index (χ4n) is 3.52. The van der Waals surface area contributed by atoms with Gasteiger partial charge in [0.15, 0.2) is 0 Å². The van der Waals surface area contributed by atoms with Crippen molar-refractivity contribution in [2.45, 2.75) is 12.6 Å². The molecule has 0 saturated heterocycles. The van der Waals surface area contributed by atoms with Crippen LogP contribution in [0.3, 0.4) is 0 Å². The van der Waals surface area contributed by atoms with Crippen molar-refractivity contribution in [1.29, 1.82) is 0 Å². The summed E-state index contributed by atoms with van der Waals surface area (Å²) in [4.78, 5) is 23.8. The van der Waals surface area contributed by atoms with Gasteiger partial charge in [0.1, 0.15) is 0 Å². The van der Waals surface area contributed by atoms with Gasteiger partial charge in [0.25, 0.3) is 0 Å². The lowest BCUT2D eigenvalue weighted by Crippen LogP contribution is -2.36. The summed E-state index contributed by atoms with van der Waals surface area (Å²) in [7, 11) is 0. The molecule has 4 nitrogen and oxygen atoms in total. The average Bonchev–Trinajstić information content (AvgIpc) is 3.07. The molecule has 7 heteroatoms. The average molecular weight is 325 g/mol. The van der Waals surface area contributed by atoms with Gasteiger partial charge in [-0.05, 0) is 36.5 Å². The Morgan fingerprint density at radius 1 is 1.13 bits per heavy atom. The zero-order valence-electron chi connectivity index (χ0n) is 11.9. The number of carboxylic acid groups (broad SMARTS) is 1.